The first kappa shape index (κ1) is 37.0. The van der Waals surface area contributed by atoms with Gasteiger partial charge in [-0.25, -0.2) is 14.4 Å². The van der Waals surface area contributed by atoms with Crippen molar-refractivity contribution >= 4 is 23.2 Å². The van der Waals surface area contributed by atoms with E-state index < -0.39 is 24.2 Å². The van der Waals surface area contributed by atoms with Crippen molar-refractivity contribution < 1.29 is 62.6 Å². The van der Waals surface area contributed by atoms with Crippen LogP contribution < -0.4 is 45.0 Å². The number of imidazole rings is 1. The van der Waals surface area contributed by atoms with Crippen molar-refractivity contribution in [1.82, 2.24) is 29.7 Å². The molecule has 14 nitrogen and oxygen atoms in total. The molecule has 0 saturated carbocycles. The summed E-state index contributed by atoms with van der Waals surface area (Å²) in [6.07, 6.45) is -2.28. The van der Waals surface area contributed by atoms with Gasteiger partial charge in [-0.2, -0.15) is 4.98 Å². The number of benzene rings is 3. The standard InChI is InChI=1S/C36H34N6O8.Na/c1-6-46-34-39-29-13-9-12-28(33(43)48-23(5)49-36(45)47-19-30-22(4)37-20(2)21(3)38-30)31(29)42(34)18-24-14-16-25(17-15-24)26-10-7-8-11-27(26)32-40-35(44)50-41-32;/h7-17,23H,6,18-19H2,1-5H3,(H,40,41,44);/q;+1/p-1. The quantitative estimate of drug-likeness (QED) is 0.110. The van der Waals surface area contributed by atoms with Crippen molar-refractivity contribution in [2.45, 2.75) is 54.1 Å². The Labute approximate surface area is 314 Å². The van der Waals surface area contributed by atoms with Crippen LogP contribution in [0.5, 0.6) is 6.01 Å². The molecular formula is C36H33N6NaO8. The smallest absolute Gasteiger partial charge is 0.465 e. The predicted molar refractivity (Wildman–Crippen MR) is 179 cm³/mol. The Morgan fingerprint density at radius 1 is 0.882 bits per heavy atom. The summed E-state index contributed by atoms with van der Waals surface area (Å²) >= 11 is 0. The number of ether oxygens (including phenoxy) is 4. The summed E-state index contributed by atoms with van der Waals surface area (Å²) in [7, 11) is 0. The summed E-state index contributed by atoms with van der Waals surface area (Å²) < 4.78 is 28.2. The molecule has 0 radical (unpaired) electrons. The van der Waals surface area contributed by atoms with E-state index in [1.54, 1.807) is 29.7 Å². The van der Waals surface area contributed by atoms with Crippen LogP contribution in [-0.4, -0.2) is 49.7 Å². The molecule has 0 bridgehead atoms. The average molecular weight is 701 g/mol. The Kier molecular flexibility index (Phi) is 11.7. The Hall–Kier alpha value is -5.31. The first-order valence-electron chi connectivity index (χ1n) is 15.8. The molecule has 3 aromatic carbocycles. The van der Waals surface area contributed by atoms with Crippen LogP contribution in [0.15, 0.2) is 76.0 Å². The zero-order chi connectivity index (χ0) is 35.4. The molecule has 256 valence electrons. The van der Waals surface area contributed by atoms with E-state index in [0.717, 1.165) is 28.1 Å². The van der Waals surface area contributed by atoms with Gasteiger partial charge in [-0.15, -0.1) is 0 Å². The third-order valence-electron chi connectivity index (χ3n) is 7.85. The topological polar surface area (TPSA) is 172 Å². The fourth-order valence-corrected chi connectivity index (χ4v) is 5.37. The van der Waals surface area contributed by atoms with Crippen molar-refractivity contribution in [2.75, 3.05) is 6.61 Å². The molecule has 1 atom stereocenters. The monoisotopic (exact) mass is 700 g/mol. The van der Waals surface area contributed by atoms with Crippen molar-refractivity contribution in [1.29, 1.82) is 0 Å². The summed E-state index contributed by atoms with van der Waals surface area (Å²) in [5, 5.41) is 3.78. The number of hydrogen-bond donors (Lipinski definition) is 0. The van der Waals surface area contributed by atoms with Crippen LogP contribution in [0.1, 0.15) is 52.5 Å². The number of hydrogen-bond acceptors (Lipinski definition) is 12. The van der Waals surface area contributed by atoms with Gasteiger partial charge in [0.15, 0.2) is 0 Å². The molecule has 0 N–H and O–H groups in total. The first-order valence-corrected chi connectivity index (χ1v) is 15.8. The minimum Gasteiger partial charge on any atom is -0.465 e. The zero-order valence-corrected chi connectivity index (χ0v) is 31.0. The second-order valence-electron chi connectivity index (χ2n) is 11.3. The fraction of sp³-hybridized carbons (Fsp3) is 0.250. The summed E-state index contributed by atoms with van der Waals surface area (Å²) in [5.74, 6) is -1.28. The normalized spacial score (nSPS) is 11.5. The van der Waals surface area contributed by atoms with Crippen molar-refractivity contribution in [3.63, 3.8) is 0 Å². The molecule has 0 aliphatic heterocycles. The van der Waals surface area contributed by atoms with Gasteiger partial charge in [0.1, 0.15) is 6.61 Å². The number of fused-ring (bicyclic) bond motifs is 1. The van der Waals surface area contributed by atoms with Crippen LogP contribution in [0.25, 0.3) is 33.5 Å². The molecule has 15 heteroatoms. The molecule has 6 rings (SSSR count). The predicted octanol–water partition coefficient (Wildman–Crippen LogP) is 2.70. The maximum atomic E-state index is 13.5. The van der Waals surface area contributed by atoms with E-state index in [-0.39, 0.29) is 47.6 Å². The second kappa shape index (κ2) is 16.1. The minimum atomic E-state index is -1.26. The van der Waals surface area contributed by atoms with Gasteiger partial charge in [-0.3, -0.25) is 19.7 Å². The van der Waals surface area contributed by atoms with Crippen LogP contribution in [0, 0.1) is 20.8 Å². The SMILES string of the molecule is CCOc1nc2cccc(C(=O)OC(C)OC(=O)OCc3nc(C)c(C)nc3C)c2n1Cc1ccc(-c2ccccc2-c2noc(=O)[n-]2)cc1.[Na+]. The van der Waals surface area contributed by atoms with E-state index in [0.29, 0.717) is 47.1 Å². The number of carbonyl (C=O) groups is 2. The Bertz CT molecular complexity index is 2250. The molecule has 6 aromatic rings. The number of rotatable bonds is 11. The van der Waals surface area contributed by atoms with E-state index >= 15 is 0 Å². The van der Waals surface area contributed by atoms with Crippen molar-refractivity contribution in [2.24, 2.45) is 0 Å². The molecule has 0 fully saturated rings. The fourth-order valence-electron chi connectivity index (χ4n) is 5.37. The van der Waals surface area contributed by atoms with Gasteiger partial charge in [-0.1, -0.05) is 54.6 Å². The molecule has 0 amide bonds. The molecule has 3 heterocycles. The molecule has 0 spiro atoms. The molecule has 3 aromatic heterocycles. The largest absolute Gasteiger partial charge is 1.00 e. The molecule has 1 unspecified atom stereocenters. The maximum absolute atomic E-state index is 13.5. The second-order valence-corrected chi connectivity index (χ2v) is 11.3. The molecule has 0 aliphatic carbocycles. The third kappa shape index (κ3) is 8.36. The number of esters is 1. The zero-order valence-electron chi connectivity index (χ0n) is 29.0. The number of nitrogens with zero attached hydrogens (tertiary/aromatic N) is 6. The Morgan fingerprint density at radius 2 is 1.61 bits per heavy atom. The van der Waals surface area contributed by atoms with Crippen LogP contribution in [0.3, 0.4) is 0 Å². The summed E-state index contributed by atoms with van der Waals surface area (Å²) in [6.45, 7) is 9.21. The van der Waals surface area contributed by atoms with E-state index in [9.17, 15) is 14.4 Å². The van der Waals surface area contributed by atoms with E-state index in [1.165, 1.54) is 6.92 Å². The molecule has 0 saturated heterocycles. The van der Waals surface area contributed by atoms with Gasteiger partial charge in [0, 0.05) is 6.92 Å². The van der Waals surface area contributed by atoms with Gasteiger partial charge in [-0.05, 0) is 67.9 Å². The summed E-state index contributed by atoms with van der Waals surface area (Å²) in [5.41, 5.74) is 7.10. The third-order valence-corrected chi connectivity index (χ3v) is 7.85. The van der Waals surface area contributed by atoms with Gasteiger partial charge in [0.05, 0.1) is 52.5 Å². The van der Waals surface area contributed by atoms with Crippen LogP contribution >= 0.6 is 0 Å². The molecule has 51 heavy (non-hydrogen) atoms. The minimum absolute atomic E-state index is 0. The summed E-state index contributed by atoms with van der Waals surface area (Å²) in [6, 6.07) is 20.6. The number of aromatic nitrogens is 6. The van der Waals surface area contributed by atoms with Gasteiger partial charge >= 0.3 is 47.4 Å². The van der Waals surface area contributed by atoms with Crippen molar-refractivity contribution in [3.05, 3.63) is 111 Å². The van der Waals surface area contributed by atoms with E-state index in [2.05, 4.69) is 29.6 Å². The summed E-state index contributed by atoms with van der Waals surface area (Å²) in [4.78, 5) is 54.7. The Balaban J connectivity index is 0.00000504. The van der Waals surface area contributed by atoms with Crippen LogP contribution in [0.2, 0.25) is 0 Å². The molecule has 0 aliphatic rings. The number of carbonyl (C=O) groups excluding carboxylic acids is 2. The van der Waals surface area contributed by atoms with Crippen LogP contribution in [0.4, 0.5) is 4.79 Å². The van der Waals surface area contributed by atoms with Crippen LogP contribution in [-0.2, 0) is 27.4 Å². The molecular weight excluding hydrogens is 667 g/mol. The van der Waals surface area contributed by atoms with Crippen molar-refractivity contribution in [3.8, 4) is 28.5 Å². The maximum Gasteiger partial charge on any atom is 1.00 e. The number of aryl methyl sites for hydroxylation is 3. The Morgan fingerprint density at radius 3 is 2.31 bits per heavy atom. The number of para-hydroxylation sites is 1. The van der Waals surface area contributed by atoms with Gasteiger partial charge in [0.25, 0.3) is 6.01 Å². The average Bonchev–Trinajstić information content (AvgIpc) is 3.69. The van der Waals surface area contributed by atoms with Gasteiger partial charge in [0.2, 0.25) is 6.29 Å². The van der Waals surface area contributed by atoms with E-state index in [1.807, 2.05) is 69.3 Å². The first-order chi connectivity index (χ1) is 24.1. The van der Waals surface area contributed by atoms with Gasteiger partial charge < -0.3 is 28.5 Å². The van der Waals surface area contributed by atoms with E-state index in [4.69, 9.17) is 18.9 Å².